The van der Waals surface area contributed by atoms with E-state index in [1.165, 1.54) is 0 Å². The normalized spacial score (nSPS) is 18.4. The lowest BCUT2D eigenvalue weighted by Crippen LogP contribution is -2.38. The number of carbonyl (C=O) groups is 2. The number of ether oxygens (including phenoxy) is 1. The number of anilines is 1. The SMILES string of the molecule is CC[C@]1(C)CC(=O)c2c(ccc3oc(C(=O)Nc4c(C)cccc4C)c(C)c23)O1. The van der Waals surface area contributed by atoms with Gasteiger partial charge in [-0.1, -0.05) is 25.1 Å². The molecule has 1 atom stereocenters. The van der Waals surface area contributed by atoms with Gasteiger partial charge in [0, 0.05) is 16.6 Å². The Morgan fingerprint density at radius 2 is 1.83 bits per heavy atom. The second kappa shape index (κ2) is 6.76. The van der Waals surface area contributed by atoms with E-state index in [9.17, 15) is 9.59 Å². The quantitative estimate of drug-likeness (QED) is 0.618. The second-order valence-corrected chi connectivity index (χ2v) is 8.09. The highest BCUT2D eigenvalue weighted by molar-refractivity contribution is 6.15. The number of aryl methyl sites for hydroxylation is 3. The van der Waals surface area contributed by atoms with E-state index in [0.29, 0.717) is 34.3 Å². The number of rotatable bonds is 3. The molecule has 0 saturated carbocycles. The van der Waals surface area contributed by atoms with Gasteiger partial charge in [0.2, 0.25) is 0 Å². The fourth-order valence-electron chi connectivity index (χ4n) is 4.01. The average molecular weight is 391 g/mol. The van der Waals surface area contributed by atoms with E-state index in [2.05, 4.69) is 5.32 Å². The topological polar surface area (TPSA) is 68.5 Å². The molecule has 3 aromatic rings. The number of fused-ring (bicyclic) bond motifs is 3. The van der Waals surface area contributed by atoms with Gasteiger partial charge in [-0.3, -0.25) is 9.59 Å². The standard InChI is InChI=1S/C24H25NO4/c1-6-24(5)12-16(26)20-18(29-24)11-10-17-19(20)15(4)22(28-17)23(27)25-21-13(2)8-7-9-14(21)3/h7-11H,6,12H2,1-5H3,(H,25,27)/t24-/m1/s1. The van der Waals surface area contributed by atoms with Crippen molar-refractivity contribution in [2.24, 2.45) is 0 Å². The number of para-hydroxylation sites is 1. The van der Waals surface area contributed by atoms with Crippen molar-refractivity contribution < 1.29 is 18.7 Å². The van der Waals surface area contributed by atoms with Gasteiger partial charge < -0.3 is 14.5 Å². The van der Waals surface area contributed by atoms with E-state index in [1.807, 2.05) is 52.8 Å². The van der Waals surface area contributed by atoms with Crippen LogP contribution in [0.4, 0.5) is 5.69 Å². The highest BCUT2D eigenvalue weighted by Crippen LogP contribution is 2.41. The van der Waals surface area contributed by atoms with Gasteiger partial charge in [-0.15, -0.1) is 0 Å². The Balaban J connectivity index is 1.79. The molecule has 2 heterocycles. The molecule has 1 amide bonds. The van der Waals surface area contributed by atoms with Crippen molar-refractivity contribution in [2.45, 2.75) is 53.1 Å². The van der Waals surface area contributed by atoms with Crippen LogP contribution in [0.1, 0.15) is 64.3 Å². The fraction of sp³-hybridized carbons (Fsp3) is 0.333. The van der Waals surface area contributed by atoms with Gasteiger partial charge in [0.15, 0.2) is 11.5 Å². The monoisotopic (exact) mass is 391 g/mol. The zero-order valence-electron chi connectivity index (χ0n) is 17.4. The van der Waals surface area contributed by atoms with Crippen molar-refractivity contribution in [1.82, 2.24) is 0 Å². The molecule has 4 rings (SSSR count). The summed E-state index contributed by atoms with van der Waals surface area (Å²) in [6.07, 6.45) is 1.05. The summed E-state index contributed by atoms with van der Waals surface area (Å²) < 4.78 is 12.0. The molecule has 1 aromatic heterocycles. The number of hydrogen-bond donors (Lipinski definition) is 1. The number of benzene rings is 2. The van der Waals surface area contributed by atoms with Gasteiger partial charge >= 0.3 is 0 Å². The summed E-state index contributed by atoms with van der Waals surface area (Å²) in [5.41, 5.74) is 3.91. The Bertz CT molecular complexity index is 1140. The summed E-state index contributed by atoms with van der Waals surface area (Å²) >= 11 is 0. The van der Waals surface area contributed by atoms with Gasteiger partial charge in [0.25, 0.3) is 5.91 Å². The lowest BCUT2D eigenvalue weighted by molar-refractivity contribution is 0.0503. The highest BCUT2D eigenvalue weighted by Gasteiger charge is 2.37. The number of ketones is 1. The maximum atomic E-state index is 13.0. The maximum Gasteiger partial charge on any atom is 0.291 e. The van der Waals surface area contributed by atoms with Crippen molar-refractivity contribution in [2.75, 3.05) is 5.32 Å². The Morgan fingerprint density at radius 3 is 2.48 bits per heavy atom. The number of nitrogens with one attached hydrogen (secondary N) is 1. The summed E-state index contributed by atoms with van der Waals surface area (Å²) in [7, 11) is 0. The van der Waals surface area contributed by atoms with Gasteiger partial charge in [-0.05, 0) is 57.4 Å². The predicted octanol–water partition coefficient (Wildman–Crippen LogP) is 5.74. The van der Waals surface area contributed by atoms with Crippen LogP contribution >= 0.6 is 0 Å². The largest absolute Gasteiger partial charge is 0.486 e. The first-order valence-electron chi connectivity index (χ1n) is 9.90. The molecule has 0 fully saturated rings. The number of hydrogen-bond acceptors (Lipinski definition) is 4. The molecule has 0 bridgehead atoms. The Morgan fingerprint density at radius 1 is 1.14 bits per heavy atom. The molecule has 150 valence electrons. The van der Waals surface area contributed by atoms with Crippen molar-refractivity contribution in [1.29, 1.82) is 0 Å². The minimum Gasteiger partial charge on any atom is -0.486 e. The Labute approximate surface area is 170 Å². The van der Waals surface area contributed by atoms with Gasteiger partial charge in [0.1, 0.15) is 16.9 Å². The zero-order chi connectivity index (χ0) is 20.9. The molecule has 2 aromatic carbocycles. The van der Waals surface area contributed by atoms with Crippen molar-refractivity contribution >= 4 is 28.3 Å². The minimum atomic E-state index is -0.502. The fourth-order valence-corrected chi connectivity index (χ4v) is 4.01. The van der Waals surface area contributed by atoms with Gasteiger partial charge in [-0.25, -0.2) is 0 Å². The molecular weight excluding hydrogens is 366 g/mol. The van der Waals surface area contributed by atoms with Crippen LogP contribution in [0, 0.1) is 20.8 Å². The number of furan rings is 1. The van der Waals surface area contributed by atoms with Crippen LogP contribution in [0.3, 0.4) is 0 Å². The van der Waals surface area contributed by atoms with Crippen molar-refractivity contribution in [3.8, 4) is 5.75 Å². The van der Waals surface area contributed by atoms with E-state index in [4.69, 9.17) is 9.15 Å². The van der Waals surface area contributed by atoms with Crippen LogP contribution in [0.2, 0.25) is 0 Å². The molecule has 0 radical (unpaired) electrons. The maximum absolute atomic E-state index is 13.0. The predicted molar refractivity (Wildman–Crippen MR) is 113 cm³/mol. The van der Waals surface area contributed by atoms with Crippen LogP contribution in [-0.4, -0.2) is 17.3 Å². The molecule has 29 heavy (non-hydrogen) atoms. The van der Waals surface area contributed by atoms with Crippen molar-refractivity contribution in [3.63, 3.8) is 0 Å². The van der Waals surface area contributed by atoms with Crippen molar-refractivity contribution in [3.05, 3.63) is 58.3 Å². The third-order valence-electron chi connectivity index (χ3n) is 5.90. The van der Waals surface area contributed by atoms with Crippen LogP contribution < -0.4 is 10.1 Å². The molecule has 1 N–H and O–H groups in total. The zero-order valence-corrected chi connectivity index (χ0v) is 17.4. The second-order valence-electron chi connectivity index (χ2n) is 8.09. The molecule has 5 heteroatoms. The summed E-state index contributed by atoms with van der Waals surface area (Å²) in [6, 6.07) is 9.38. The van der Waals surface area contributed by atoms with Crippen LogP contribution in [0.15, 0.2) is 34.7 Å². The van der Waals surface area contributed by atoms with E-state index in [1.54, 1.807) is 12.1 Å². The van der Waals surface area contributed by atoms with Crippen LogP contribution in [0.25, 0.3) is 11.0 Å². The molecule has 1 aliphatic rings. The summed E-state index contributed by atoms with van der Waals surface area (Å²) in [4.78, 5) is 26.0. The Kier molecular flexibility index (Phi) is 4.49. The third kappa shape index (κ3) is 3.11. The van der Waals surface area contributed by atoms with Crippen LogP contribution in [0.5, 0.6) is 5.75 Å². The summed E-state index contributed by atoms with van der Waals surface area (Å²) in [6.45, 7) is 9.67. The summed E-state index contributed by atoms with van der Waals surface area (Å²) in [5.74, 6) is 0.468. The first kappa shape index (κ1) is 19.2. The molecule has 0 aliphatic carbocycles. The van der Waals surface area contributed by atoms with Gasteiger partial charge in [-0.2, -0.15) is 0 Å². The Hall–Kier alpha value is -3.08. The molecule has 0 saturated heterocycles. The van der Waals surface area contributed by atoms with E-state index in [-0.39, 0.29) is 17.5 Å². The molecule has 5 nitrogen and oxygen atoms in total. The van der Waals surface area contributed by atoms with Gasteiger partial charge in [0.05, 0.1) is 12.0 Å². The first-order chi connectivity index (χ1) is 13.7. The average Bonchev–Trinajstić information content (AvgIpc) is 3.01. The molecular formula is C24H25NO4. The number of carbonyl (C=O) groups excluding carboxylic acids is 2. The van der Waals surface area contributed by atoms with E-state index >= 15 is 0 Å². The molecule has 0 unspecified atom stereocenters. The number of amides is 1. The summed E-state index contributed by atoms with van der Waals surface area (Å²) in [5, 5.41) is 3.63. The smallest absolute Gasteiger partial charge is 0.291 e. The number of Topliss-reactive ketones (excluding diaryl/α,β-unsaturated/α-hetero) is 1. The molecule has 1 aliphatic heterocycles. The van der Waals surface area contributed by atoms with E-state index < -0.39 is 5.60 Å². The first-order valence-corrected chi connectivity index (χ1v) is 9.90. The lowest BCUT2D eigenvalue weighted by Gasteiger charge is -2.34. The highest BCUT2D eigenvalue weighted by atomic mass is 16.5. The third-order valence-corrected chi connectivity index (χ3v) is 5.90. The molecule has 0 spiro atoms. The van der Waals surface area contributed by atoms with Crippen LogP contribution in [-0.2, 0) is 0 Å². The lowest BCUT2D eigenvalue weighted by atomic mass is 9.87. The minimum absolute atomic E-state index is 0.0202. The van der Waals surface area contributed by atoms with E-state index in [0.717, 1.165) is 23.2 Å².